The van der Waals surface area contributed by atoms with E-state index in [9.17, 15) is 0 Å². The lowest BCUT2D eigenvalue weighted by Gasteiger charge is -2.12. The molecule has 0 aromatic heterocycles. The van der Waals surface area contributed by atoms with Crippen molar-refractivity contribution >= 4 is 5.69 Å². The Labute approximate surface area is 146 Å². The van der Waals surface area contributed by atoms with Crippen LogP contribution in [0.25, 0.3) is 0 Å². The van der Waals surface area contributed by atoms with Crippen molar-refractivity contribution in [3.8, 4) is 11.5 Å². The van der Waals surface area contributed by atoms with Crippen LogP contribution in [-0.4, -0.2) is 13.2 Å². The lowest BCUT2D eigenvalue weighted by Crippen LogP contribution is -2.05. The number of nitrogens with one attached hydrogen (secondary N) is 1. The molecule has 0 saturated heterocycles. The summed E-state index contributed by atoms with van der Waals surface area (Å²) in [5, 5.41) is 3.45. The summed E-state index contributed by atoms with van der Waals surface area (Å²) in [7, 11) is 0. The maximum Gasteiger partial charge on any atom is 0.121 e. The lowest BCUT2D eigenvalue weighted by molar-refractivity contribution is 0.271. The molecule has 0 aliphatic heterocycles. The van der Waals surface area contributed by atoms with E-state index in [1.165, 1.54) is 5.56 Å². The highest BCUT2D eigenvalue weighted by Crippen LogP contribution is 2.20. The third-order valence-corrected chi connectivity index (χ3v) is 3.58. The van der Waals surface area contributed by atoms with Gasteiger partial charge in [-0.25, -0.2) is 0 Å². The maximum absolute atomic E-state index is 5.77. The van der Waals surface area contributed by atoms with Crippen molar-refractivity contribution in [2.24, 2.45) is 5.92 Å². The molecule has 24 heavy (non-hydrogen) atoms. The molecule has 0 heterocycles. The molecule has 0 radical (unpaired) electrons. The van der Waals surface area contributed by atoms with Crippen LogP contribution in [-0.2, 0) is 6.54 Å². The second-order valence-corrected chi connectivity index (χ2v) is 6.44. The zero-order chi connectivity index (χ0) is 17.2. The second kappa shape index (κ2) is 9.86. The van der Waals surface area contributed by atoms with Crippen molar-refractivity contribution in [1.82, 2.24) is 0 Å². The molecule has 0 bridgehead atoms. The minimum Gasteiger partial charge on any atom is -0.494 e. The average Bonchev–Trinajstić information content (AvgIpc) is 2.59. The van der Waals surface area contributed by atoms with Gasteiger partial charge in [0.2, 0.25) is 0 Å². The molecule has 0 amide bonds. The zero-order valence-corrected chi connectivity index (χ0v) is 15.0. The summed E-state index contributed by atoms with van der Waals surface area (Å²) in [6.45, 7) is 8.75. The largest absolute Gasteiger partial charge is 0.494 e. The predicted molar refractivity (Wildman–Crippen MR) is 101 cm³/mol. The van der Waals surface area contributed by atoms with E-state index in [1.54, 1.807) is 0 Å². The van der Waals surface area contributed by atoms with Gasteiger partial charge in [0, 0.05) is 18.3 Å². The Balaban J connectivity index is 1.88. The molecule has 0 saturated carbocycles. The third-order valence-electron chi connectivity index (χ3n) is 3.58. The molecule has 2 aromatic rings. The van der Waals surface area contributed by atoms with Crippen molar-refractivity contribution in [2.45, 2.75) is 40.2 Å². The van der Waals surface area contributed by atoms with Gasteiger partial charge < -0.3 is 14.8 Å². The molecule has 2 rings (SSSR count). The van der Waals surface area contributed by atoms with Crippen molar-refractivity contribution in [3.05, 3.63) is 54.1 Å². The fourth-order valence-electron chi connectivity index (χ4n) is 2.24. The highest BCUT2D eigenvalue weighted by Gasteiger charge is 2.01. The minimum atomic E-state index is 0.525. The van der Waals surface area contributed by atoms with Crippen molar-refractivity contribution in [1.29, 1.82) is 0 Å². The van der Waals surface area contributed by atoms with Crippen LogP contribution in [0.4, 0.5) is 5.69 Å². The second-order valence-electron chi connectivity index (χ2n) is 6.44. The summed E-state index contributed by atoms with van der Waals surface area (Å²) >= 11 is 0. The number of rotatable bonds is 10. The van der Waals surface area contributed by atoms with E-state index in [2.05, 4.69) is 44.3 Å². The summed E-state index contributed by atoms with van der Waals surface area (Å²) in [6, 6.07) is 16.4. The van der Waals surface area contributed by atoms with E-state index in [4.69, 9.17) is 9.47 Å². The van der Waals surface area contributed by atoms with E-state index in [0.29, 0.717) is 5.92 Å². The first-order chi connectivity index (χ1) is 11.7. The first kappa shape index (κ1) is 18.2. The van der Waals surface area contributed by atoms with E-state index in [-0.39, 0.29) is 0 Å². The van der Waals surface area contributed by atoms with Gasteiger partial charge in [0.25, 0.3) is 0 Å². The van der Waals surface area contributed by atoms with Gasteiger partial charge in [-0.2, -0.15) is 0 Å². The van der Waals surface area contributed by atoms with Crippen LogP contribution in [0.1, 0.15) is 39.2 Å². The Morgan fingerprint density at radius 2 is 1.71 bits per heavy atom. The van der Waals surface area contributed by atoms with Gasteiger partial charge in [0.1, 0.15) is 11.5 Å². The van der Waals surface area contributed by atoms with Crippen LogP contribution in [0, 0.1) is 5.92 Å². The van der Waals surface area contributed by atoms with Crippen molar-refractivity contribution in [2.75, 3.05) is 18.5 Å². The van der Waals surface area contributed by atoms with Gasteiger partial charge in [-0.15, -0.1) is 0 Å². The van der Waals surface area contributed by atoms with Crippen LogP contribution in [0.15, 0.2) is 48.5 Å². The van der Waals surface area contributed by atoms with Gasteiger partial charge in [-0.3, -0.25) is 0 Å². The van der Waals surface area contributed by atoms with Gasteiger partial charge >= 0.3 is 0 Å². The lowest BCUT2D eigenvalue weighted by atomic mass is 10.2. The van der Waals surface area contributed by atoms with Crippen LogP contribution >= 0.6 is 0 Å². The average molecular weight is 327 g/mol. The molecule has 0 aliphatic carbocycles. The number of unbranched alkanes of at least 4 members (excludes halogenated alkanes) is 1. The fourth-order valence-corrected chi connectivity index (χ4v) is 2.24. The quantitative estimate of drug-likeness (QED) is 0.583. The molecule has 3 heteroatoms. The van der Waals surface area contributed by atoms with E-state index >= 15 is 0 Å². The number of ether oxygens (including phenoxy) is 2. The topological polar surface area (TPSA) is 30.5 Å². The van der Waals surface area contributed by atoms with Crippen molar-refractivity contribution < 1.29 is 9.47 Å². The normalized spacial score (nSPS) is 10.7. The Bertz CT molecular complexity index is 610. The van der Waals surface area contributed by atoms with E-state index < -0.39 is 0 Å². The molecule has 0 atom stereocenters. The van der Waals surface area contributed by atoms with Crippen LogP contribution in [0.3, 0.4) is 0 Å². The third kappa shape index (κ3) is 6.53. The standard InChI is InChI=1S/C21H29NO2/c1-4-5-12-23-20-10-6-8-18(13-20)15-22-19-9-7-11-21(14-19)24-16-17(2)3/h6-11,13-14,17,22H,4-5,12,15-16H2,1-3H3. The molecule has 0 fully saturated rings. The number of hydrogen-bond donors (Lipinski definition) is 1. The first-order valence-electron chi connectivity index (χ1n) is 8.86. The summed E-state index contributed by atoms with van der Waals surface area (Å²) in [5.41, 5.74) is 2.27. The SMILES string of the molecule is CCCCOc1cccc(CNc2cccc(OCC(C)C)c2)c1. The molecular weight excluding hydrogens is 298 g/mol. The Hall–Kier alpha value is -2.16. The summed E-state index contributed by atoms with van der Waals surface area (Å²) in [4.78, 5) is 0. The fraction of sp³-hybridized carbons (Fsp3) is 0.429. The summed E-state index contributed by atoms with van der Waals surface area (Å²) in [5.74, 6) is 2.37. The van der Waals surface area contributed by atoms with Crippen LogP contribution in [0.2, 0.25) is 0 Å². The number of benzene rings is 2. The van der Waals surface area contributed by atoms with Crippen LogP contribution < -0.4 is 14.8 Å². The summed E-state index contributed by atoms with van der Waals surface area (Å²) in [6.07, 6.45) is 2.24. The number of hydrogen-bond acceptors (Lipinski definition) is 3. The molecule has 3 nitrogen and oxygen atoms in total. The Morgan fingerprint density at radius 1 is 0.958 bits per heavy atom. The minimum absolute atomic E-state index is 0.525. The highest BCUT2D eigenvalue weighted by molar-refractivity contribution is 5.48. The highest BCUT2D eigenvalue weighted by atomic mass is 16.5. The van der Waals surface area contributed by atoms with Crippen LogP contribution in [0.5, 0.6) is 11.5 Å². The van der Waals surface area contributed by atoms with Gasteiger partial charge in [-0.05, 0) is 42.2 Å². The number of anilines is 1. The monoisotopic (exact) mass is 327 g/mol. The van der Waals surface area contributed by atoms with Gasteiger partial charge in [-0.1, -0.05) is 45.4 Å². The van der Waals surface area contributed by atoms with Gasteiger partial charge in [0.05, 0.1) is 13.2 Å². The first-order valence-corrected chi connectivity index (χ1v) is 8.86. The molecular formula is C21H29NO2. The smallest absolute Gasteiger partial charge is 0.121 e. The van der Waals surface area contributed by atoms with E-state index in [1.807, 2.05) is 30.3 Å². The van der Waals surface area contributed by atoms with E-state index in [0.717, 1.165) is 49.8 Å². The maximum atomic E-state index is 5.77. The predicted octanol–water partition coefficient (Wildman–Crippen LogP) is 5.51. The van der Waals surface area contributed by atoms with Gasteiger partial charge in [0.15, 0.2) is 0 Å². The molecule has 0 spiro atoms. The molecule has 130 valence electrons. The molecule has 0 aliphatic rings. The Morgan fingerprint density at radius 3 is 2.46 bits per heavy atom. The summed E-state index contributed by atoms with van der Waals surface area (Å²) < 4.78 is 11.5. The zero-order valence-electron chi connectivity index (χ0n) is 15.0. The van der Waals surface area contributed by atoms with Crippen molar-refractivity contribution in [3.63, 3.8) is 0 Å². The molecule has 0 unspecified atom stereocenters. The Kier molecular flexibility index (Phi) is 7.47. The molecule has 1 N–H and O–H groups in total. The molecule has 2 aromatic carbocycles.